The number of aliphatic hydroxyl groups excluding tert-OH is 1. The van der Waals surface area contributed by atoms with Crippen molar-refractivity contribution in [1.29, 1.82) is 0 Å². The third-order valence-corrected chi connectivity index (χ3v) is 8.53. The topological polar surface area (TPSA) is 237 Å². The van der Waals surface area contributed by atoms with Crippen LogP contribution < -0.4 is 0 Å². The van der Waals surface area contributed by atoms with Crippen molar-refractivity contribution in [3.63, 3.8) is 0 Å². The number of carbonyl (C=O) groups is 4. The van der Waals surface area contributed by atoms with Crippen molar-refractivity contribution in [1.82, 2.24) is 0 Å². The van der Waals surface area contributed by atoms with Gasteiger partial charge in [-0.15, -0.1) is 0 Å². The summed E-state index contributed by atoms with van der Waals surface area (Å²) in [5.74, 6) is -2.47. The second-order valence-corrected chi connectivity index (χ2v) is 14.5. The summed E-state index contributed by atoms with van der Waals surface area (Å²) in [6.45, 7) is 2.86. The van der Waals surface area contributed by atoms with Crippen molar-refractivity contribution in [3.05, 3.63) is 0 Å². The Hall–Kier alpha value is -1.94. The lowest BCUT2D eigenvalue weighted by Gasteiger charge is -2.21. The summed E-state index contributed by atoms with van der Waals surface area (Å²) >= 11 is 0. The minimum absolute atomic E-state index is 0.0511. The van der Waals surface area contributed by atoms with Crippen LogP contribution in [0.1, 0.15) is 118 Å². The number of rotatable bonds is 32. The fourth-order valence-electron chi connectivity index (χ4n) is 3.96. The molecular weight excluding hydrogens is 706 g/mol. The molecule has 0 heterocycles. The van der Waals surface area contributed by atoms with E-state index in [-0.39, 0.29) is 19.3 Å². The van der Waals surface area contributed by atoms with Crippen molar-refractivity contribution in [2.75, 3.05) is 39.6 Å². The highest BCUT2D eigenvalue weighted by atomic mass is 31.2. The fourth-order valence-corrected chi connectivity index (χ4v) is 5.54. The Balaban J connectivity index is 4.77. The average molecular weight is 765 g/mol. The molecule has 0 saturated carbocycles. The van der Waals surface area contributed by atoms with E-state index in [1.54, 1.807) is 6.92 Å². The largest absolute Gasteiger partial charge is 0.472 e. The van der Waals surface area contributed by atoms with Crippen molar-refractivity contribution >= 4 is 39.5 Å². The SMILES string of the molecule is CCCCCCCCCCC(=O)O[C@H](COC(C)=O)COP(=O)(O)OC[C@@H](O)COP(=O)(O)OC[C@@H](COC(=O)CCCC)OC(=O)CCC. The maximum absolute atomic E-state index is 12.4. The first-order valence-electron chi connectivity index (χ1n) is 17.2. The molecule has 0 aliphatic heterocycles. The lowest BCUT2D eigenvalue weighted by Crippen LogP contribution is -2.30. The zero-order valence-corrected chi connectivity index (χ0v) is 31.6. The molecule has 3 N–H and O–H groups in total. The molecule has 19 heteroatoms. The predicted octanol–water partition coefficient (Wildman–Crippen LogP) is 5.07. The van der Waals surface area contributed by atoms with Gasteiger partial charge in [0.15, 0.2) is 12.2 Å². The molecule has 2 unspecified atom stereocenters. The summed E-state index contributed by atoms with van der Waals surface area (Å²) in [6.07, 6.45) is 6.11. The number of phosphoric ester groups is 2. The summed E-state index contributed by atoms with van der Waals surface area (Å²) in [6, 6.07) is 0. The van der Waals surface area contributed by atoms with E-state index in [4.69, 9.17) is 37.0 Å². The van der Waals surface area contributed by atoms with E-state index >= 15 is 0 Å². The smallest absolute Gasteiger partial charge is 0.462 e. The Labute approximate surface area is 295 Å². The van der Waals surface area contributed by atoms with Crippen LogP contribution in [0.5, 0.6) is 0 Å². The Morgan fingerprint density at radius 3 is 1.42 bits per heavy atom. The molecule has 50 heavy (non-hydrogen) atoms. The third-order valence-electron chi connectivity index (χ3n) is 6.63. The zero-order chi connectivity index (χ0) is 37.8. The number of hydrogen-bond donors (Lipinski definition) is 3. The van der Waals surface area contributed by atoms with Crippen LogP contribution in [0.2, 0.25) is 0 Å². The fraction of sp³-hybridized carbons (Fsp3) is 0.871. The van der Waals surface area contributed by atoms with Gasteiger partial charge in [-0.2, -0.15) is 0 Å². The highest BCUT2D eigenvalue weighted by Crippen LogP contribution is 2.45. The standard InChI is InChI=1S/C31H58O17P2/c1-5-8-10-11-12-13-14-15-18-31(36)48-27(21-41-25(4)32)23-45-49(37,38)43-19-26(33)20-44-50(39,40)46-24-28(47-30(35)16-7-3)22-42-29(34)17-9-6-2/h26-28,33H,5-24H2,1-4H3,(H,37,38)(H,39,40)/t26-,27-,28-/m1/s1. The van der Waals surface area contributed by atoms with Crippen molar-refractivity contribution in [2.24, 2.45) is 0 Å². The third kappa shape index (κ3) is 28.7. The van der Waals surface area contributed by atoms with E-state index in [1.807, 2.05) is 6.92 Å². The predicted molar refractivity (Wildman–Crippen MR) is 178 cm³/mol. The molecule has 0 bridgehead atoms. The van der Waals surface area contributed by atoms with Gasteiger partial charge in [-0.25, -0.2) is 9.13 Å². The number of hydrogen-bond acceptors (Lipinski definition) is 15. The minimum Gasteiger partial charge on any atom is -0.462 e. The Kier molecular flexibility index (Phi) is 27.5. The molecule has 0 aromatic carbocycles. The van der Waals surface area contributed by atoms with Crippen LogP contribution >= 0.6 is 15.6 Å². The molecule has 0 amide bonds. The first kappa shape index (κ1) is 48.1. The quantitative estimate of drug-likeness (QED) is 0.0351. The average Bonchev–Trinajstić information content (AvgIpc) is 3.05. The van der Waals surface area contributed by atoms with E-state index in [0.717, 1.165) is 45.4 Å². The van der Waals surface area contributed by atoms with E-state index < -0.39 is 97.5 Å². The van der Waals surface area contributed by atoms with Gasteiger partial charge < -0.3 is 33.8 Å². The summed E-state index contributed by atoms with van der Waals surface area (Å²) in [5.41, 5.74) is 0. The molecule has 294 valence electrons. The highest BCUT2D eigenvalue weighted by molar-refractivity contribution is 7.47. The number of esters is 4. The van der Waals surface area contributed by atoms with Crippen LogP contribution in [0, 0.1) is 0 Å². The van der Waals surface area contributed by atoms with Gasteiger partial charge in [-0.1, -0.05) is 72.1 Å². The van der Waals surface area contributed by atoms with Gasteiger partial charge in [0.2, 0.25) is 0 Å². The molecule has 0 aliphatic carbocycles. The number of phosphoric acid groups is 2. The van der Waals surface area contributed by atoms with Crippen LogP contribution in [0.3, 0.4) is 0 Å². The van der Waals surface area contributed by atoms with Gasteiger partial charge in [-0.05, 0) is 19.3 Å². The Bertz CT molecular complexity index is 1060. The maximum Gasteiger partial charge on any atom is 0.472 e. The molecule has 17 nitrogen and oxygen atoms in total. The van der Waals surface area contributed by atoms with Crippen LogP contribution in [-0.4, -0.2) is 96.7 Å². The van der Waals surface area contributed by atoms with E-state index in [2.05, 4.69) is 6.92 Å². The molecule has 5 atom stereocenters. The molecule has 0 rings (SSSR count). The van der Waals surface area contributed by atoms with Crippen molar-refractivity contribution in [3.8, 4) is 0 Å². The molecule has 0 aromatic rings. The van der Waals surface area contributed by atoms with E-state index in [1.165, 1.54) is 12.8 Å². The Morgan fingerprint density at radius 2 is 0.940 bits per heavy atom. The monoisotopic (exact) mass is 764 g/mol. The lowest BCUT2D eigenvalue weighted by atomic mass is 10.1. The normalized spacial score (nSPS) is 15.6. The molecular formula is C31H58O17P2. The van der Waals surface area contributed by atoms with E-state index in [0.29, 0.717) is 19.3 Å². The number of carbonyl (C=O) groups excluding carboxylic acids is 4. The van der Waals surface area contributed by atoms with Crippen LogP contribution in [0.25, 0.3) is 0 Å². The molecule has 0 spiro atoms. The van der Waals surface area contributed by atoms with Gasteiger partial charge in [-0.3, -0.25) is 37.3 Å². The Morgan fingerprint density at radius 1 is 0.520 bits per heavy atom. The second-order valence-electron chi connectivity index (χ2n) is 11.6. The number of ether oxygens (including phenoxy) is 4. The van der Waals surface area contributed by atoms with Gasteiger partial charge in [0.1, 0.15) is 19.3 Å². The van der Waals surface area contributed by atoms with Crippen molar-refractivity contribution < 1.29 is 80.2 Å². The molecule has 0 fully saturated rings. The van der Waals surface area contributed by atoms with Gasteiger partial charge >= 0.3 is 39.5 Å². The number of aliphatic hydroxyl groups is 1. The minimum atomic E-state index is -4.87. The summed E-state index contributed by atoms with van der Waals surface area (Å²) in [4.78, 5) is 67.3. The molecule has 0 saturated heterocycles. The first-order valence-corrected chi connectivity index (χ1v) is 20.2. The van der Waals surface area contributed by atoms with Crippen LogP contribution in [0.4, 0.5) is 0 Å². The van der Waals surface area contributed by atoms with Gasteiger partial charge in [0.25, 0.3) is 0 Å². The molecule has 0 radical (unpaired) electrons. The number of unbranched alkanes of at least 4 members (excludes halogenated alkanes) is 8. The van der Waals surface area contributed by atoms with Crippen LogP contribution in [-0.2, 0) is 65.4 Å². The van der Waals surface area contributed by atoms with Crippen molar-refractivity contribution in [2.45, 2.75) is 136 Å². The lowest BCUT2D eigenvalue weighted by molar-refractivity contribution is -0.161. The maximum atomic E-state index is 12.4. The molecule has 0 aromatic heterocycles. The summed E-state index contributed by atoms with van der Waals surface area (Å²) < 4.78 is 64.1. The highest BCUT2D eigenvalue weighted by Gasteiger charge is 2.30. The van der Waals surface area contributed by atoms with Crippen LogP contribution in [0.15, 0.2) is 0 Å². The second kappa shape index (κ2) is 28.6. The van der Waals surface area contributed by atoms with Gasteiger partial charge in [0, 0.05) is 26.2 Å². The first-order chi connectivity index (χ1) is 23.6. The summed E-state index contributed by atoms with van der Waals surface area (Å²) in [7, 11) is -9.73. The molecule has 0 aliphatic rings. The van der Waals surface area contributed by atoms with E-state index in [9.17, 15) is 43.2 Å². The van der Waals surface area contributed by atoms with Gasteiger partial charge in [0.05, 0.1) is 26.4 Å². The summed E-state index contributed by atoms with van der Waals surface area (Å²) in [5, 5.41) is 10.1. The zero-order valence-electron chi connectivity index (χ0n) is 29.8.